The van der Waals surface area contributed by atoms with Gasteiger partial charge >= 0.3 is 0 Å². The molecule has 1 N–H and O–H groups in total. The maximum atomic E-state index is 5.04. The molecule has 0 fully saturated rings. The molecule has 0 spiro atoms. The number of hydrogen-bond acceptors (Lipinski definition) is 4. The lowest BCUT2D eigenvalue weighted by molar-refractivity contribution is -0.131. The first-order chi connectivity index (χ1) is 5.29. The predicted octanol–water partition coefficient (Wildman–Crippen LogP) is -0.160. The second-order valence-corrected chi connectivity index (χ2v) is 2.19. The quantitative estimate of drug-likeness (QED) is 0.552. The third kappa shape index (κ3) is 3.67. The second kappa shape index (κ2) is 6.54. The zero-order valence-corrected chi connectivity index (χ0v) is 7.59. The van der Waals surface area contributed by atoms with Crippen LogP contribution < -0.4 is 5.32 Å². The van der Waals surface area contributed by atoms with Gasteiger partial charge in [0, 0.05) is 21.3 Å². The number of nitrogens with one attached hydrogen (secondary N) is 1. The fraction of sp³-hybridized carbons (Fsp3) is 1.00. The van der Waals surface area contributed by atoms with Crippen LogP contribution in [0.2, 0.25) is 0 Å². The van der Waals surface area contributed by atoms with Gasteiger partial charge in [0.15, 0.2) is 6.29 Å². The van der Waals surface area contributed by atoms with Gasteiger partial charge in [-0.1, -0.05) is 0 Å². The number of hydrogen-bond donors (Lipinski definition) is 1. The lowest BCUT2D eigenvalue weighted by Crippen LogP contribution is -2.43. The molecule has 1 atom stereocenters. The molecule has 0 aromatic rings. The Morgan fingerprint density at radius 3 is 2.00 bits per heavy atom. The van der Waals surface area contributed by atoms with E-state index in [1.165, 1.54) is 0 Å². The Labute approximate surface area is 67.8 Å². The highest BCUT2D eigenvalue weighted by atomic mass is 16.7. The molecule has 0 amide bonds. The molecule has 0 heterocycles. The summed E-state index contributed by atoms with van der Waals surface area (Å²) < 4.78 is 15.0. The van der Waals surface area contributed by atoms with Gasteiger partial charge in [-0.3, -0.25) is 0 Å². The van der Waals surface area contributed by atoms with Crippen molar-refractivity contribution in [2.75, 3.05) is 35.0 Å². The highest BCUT2D eigenvalue weighted by Crippen LogP contribution is 1.98. The largest absolute Gasteiger partial charge is 0.383 e. The minimum atomic E-state index is -0.250. The molecule has 0 aliphatic heterocycles. The summed E-state index contributed by atoms with van der Waals surface area (Å²) in [6.45, 7) is 0.572. The predicted molar refractivity (Wildman–Crippen MR) is 42.5 cm³/mol. The summed E-state index contributed by atoms with van der Waals surface area (Å²) in [5, 5.41) is 3.03. The molecule has 0 aliphatic carbocycles. The molecule has 68 valence electrons. The Bertz CT molecular complexity index is 85.8. The van der Waals surface area contributed by atoms with Crippen LogP contribution in [0.3, 0.4) is 0 Å². The molecule has 0 saturated heterocycles. The monoisotopic (exact) mass is 163 g/mol. The third-order valence-electron chi connectivity index (χ3n) is 1.51. The van der Waals surface area contributed by atoms with Gasteiger partial charge in [0.05, 0.1) is 12.6 Å². The molecule has 0 saturated carbocycles. The summed E-state index contributed by atoms with van der Waals surface area (Å²) in [6, 6.07) is 0.0787. The molecule has 0 rings (SSSR count). The Morgan fingerprint density at radius 1 is 1.18 bits per heavy atom. The van der Waals surface area contributed by atoms with Crippen molar-refractivity contribution in [2.24, 2.45) is 0 Å². The molecule has 0 aromatic heterocycles. The van der Waals surface area contributed by atoms with E-state index in [-0.39, 0.29) is 12.3 Å². The highest BCUT2D eigenvalue weighted by molar-refractivity contribution is 4.66. The van der Waals surface area contributed by atoms with Gasteiger partial charge in [-0.05, 0) is 7.05 Å². The number of likely N-dealkylation sites (N-methyl/N-ethyl adjacent to an activating group) is 1. The van der Waals surface area contributed by atoms with E-state index in [1.807, 2.05) is 7.05 Å². The SMILES string of the molecule is CN[C@H](COC)C(OC)OC. The van der Waals surface area contributed by atoms with Crippen molar-refractivity contribution in [3.8, 4) is 0 Å². The lowest BCUT2D eigenvalue weighted by Gasteiger charge is -2.23. The molecule has 4 heteroatoms. The van der Waals surface area contributed by atoms with Crippen LogP contribution in [0, 0.1) is 0 Å². The summed E-state index contributed by atoms with van der Waals surface area (Å²) in [7, 11) is 6.70. The molecular formula is C7H17NO3. The van der Waals surface area contributed by atoms with Crippen LogP contribution >= 0.6 is 0 Å². The van der Waals surface area contributed by atoms with Crippen LogP contribution in [0.4, 0.5) is 0 Å². The van der Waals surface area contributed by atoms with Crippen molar-refractivity contribution >= 4 is 0 Å². The van der Waals surface area contributed by atoms with Crippen molar-refractivity contribution in [3.05, 3.63) is 0 Å². The Hall–Kier alpha value is -0.160. The smallest absolute Gasteiger partial charge is 0.174 e. The summed E-state index contributed by atoms with van der Waals surface area (Å²) >= 11 is 0. The molecule has 0 bridgehead atoms. The fourth-order valence-electron chi connectivity index (χ4n) is 0.902. The van der Waals surface area contributed by atoms with Crippen molar-refractivity contribution < 1.29 is 14.2 Å². The zero-order valence-electron chi connectivity index (χ0n) is 7.59. The van der Waals surface area contributed by atoms with Crippen molar-refractivity contribution in [3.63, 3.8) is 0 Å². The van der Waals surface area contributed by atoms with Gasteiger partial charge in [0.2, 0.25) is 0 Å². The third-order valence-corrected chi connectivity index (χ3v) is 1.51. The molecular weight excluding hydrogens is 146 g/mol. The van der Waals surface area contributed by atoms with E-state index in [2.05, 4.69) is 5.32 Å². The summed E-state index contributed by atoms with van der Waals surface area (Å²) in [5.41, 5.74) is 0. The first-order valence-electron chi connectivity index (χ1n) is 3.52. The molecule has 0 unspecified atom stereocenters. The lowest BCUT2D eigenvalue weighted by atomic mass is 10.3. The van der Waals surface area contributed by atoms with E-state index in [9.17, 15) is 0 Å². The van der Waals surface area contributed by atoms with E-state index < -0.39 is 0 Å². The molecule has 0 aliphatic rings. The Morgan fingerprint density at radius 2 is 1.73 bits per heavy atom. The maximum absolute atomic E-state index is 5.04. The van der Waals surface area contributed by atoms with Gasteiger partial charge in [-0.15, -0.1) is 0 Å². The average Bonchev–Trinajstić information content (AvgIpc) is 2.05. The van der Waals surface area contributed by atoms with Crippen LogP contribution in [0.15, 0.2) is 0 Å². The van der Waals surface area contributed by atoms with E-state index in [0.717, 1.165) is 0 Å². The van der Waals surface area contributed by atoms with Crippen LogP contribution in [-0.4, -0.2) is 47.3 Å². The number of ether oxygens (including phenoxy) is 3. The minimum Gasteiger partial charge on any atom is -0.383 e. The van der Waals surface area contributed by atoms with Gasteiger partial charge in [0.25, 0.3) is 0 Å². The van der Waals surface area contributed by atoms with Crippen LogP contribution in [0.5, 0.6) is 0 Å². The normalized spacial score (nSPS) is 13.9. The van der Waals surface area contributed by atoms with Gasteiger partial charge in [-0.2, -0.15) is 0 Å². The molecule has 4 nitrogen and oxygen atoms in total. The Kier molecular flexibility index (Phi) is 6.45. The first-order valence-corrected chi connectivity index (χ1v) is 3.52. The van der Waals surface area contributed by atoms with E-state index in [4.69, 9.17) is 14.2 Å². The fourth-order valence-corrected chi connectivity index (χ4v) is 0.902. The minimum absolute atomic E-state index is 0.0787. The standard InChI is InChI=1S/C7H17NO3/c1-8-6(5-9-2)7(10-3)11-4/h6-8H,5H2,1-4H3/t6-/m1/s1. The summed E-state index contributed by atoms with van der Waals surface area (Å²) in [6.07, 6.45) is -0.250. The van der Waals surface area contributed by atoms with Gasteiger partial charge in [0.1, 0.15) is 0 Å². The van der Waals surface area contributed by atoms with Crippen molar-refractivity contribution in [1.82, 2.24) is 5.32 Å². The summed E-state index contributed by atoms with van der Waals surface area (Å²) in [5.74, 6) is 0. The zero-order chi connectivity index (χ0) is 8.69. The molecule has 0 radical (unpaired) electrons. The molecule has 0 aromatic carbocycles. The highest BCUT2D eigenvalue weighted by Gasteiger charge is 2.17. The van der Waals surface area contributed by atoms with Crippen LogP contribution in [0.25, 0.3) is 0 Å². The number of rotatable bonds is 6. The van der Waals surface area contributed by atoms with E-state index in [1.54, 1.807) is 21.3 Å². The second-order valence-electron chi connectivity index (χ2n) is 2.19. The average molecular weight is 163 g/mol. The van der Waals surface area contributed by atoms with Crippen molar-refractivity contribution in [2.45, 2.75) is 12.3 Å². The van der Waals surface area contributed by atoms with E-state index >= 15 is 0 Å². The number of methoxy groups -OCH3 is 3. The van der Waals surface area contributed by atoms with Gasteiger partial charge in [-0.25, -0.2) is 0 Å². The Balaban J connectivity index is 3.76. The maximum Gasteiger partial charge on any atom is 0.174 e. The van der Waals surface area contributed by atoms with Crippen LogP contribution in [-0.2, 0) is 14.2 Å². The van der Waals surface area contributed by atoms with Crippen LogP contribution in [0.1, 0.15) is 0 Å². The summed E-state index contributed by atoms with van der Waals surface area (Å²) in [4.78, 5) is 0. The first kappa shape index (κ1) is 10.8. The van der Waals surface area contributed by atoms with Crippen molar-refractivity contribution in [1.29, 1.82) is 0 Å². The van der Waals surface area contributed by atoms with E-state index in [0.29, 0.717) is 6.61 Å². The molecule has 11 heavy (non-hydrogen) atoms. The van der Waals surface area contributed by atoms with Gasteiger partial charge < -0.3 is 19.5 Å². The topological polar surface area (TPSA) is 39.7 Å².